The molecule has 6 heteroatoms. The highest BCUT2D eigenvalue weighted by atomic mass is 19.1. The van der Waals surface area contributed by atoms with Crippen molar-refractivity contribution in [2.24, 2.45) is 0 Å². The summed E-state index contributed by atoms with van der Waals surface area (Å²) in [5.41, 5.74) is 0.297. The summed E-state index contributed by atoms with van der Waals surface area (Å²) in [4.78, 5) is 26.8. The molecule has 0 bridgehead atoms. The van der Waals surface area contributed by atoms with Gasteiger partial charge in [0.2, 0.25) is 5.91 Å². The first-order valence-corrected chi connectivity index (χ1v) is 6.28. The van der Waals surface area contributed by atoms with Gasteiger partial charge in [0, 0.05) is 18.8 Å². The molecule has 0 fully saturated rings. The Kier molecular flexibility index (Phi) is 4.61. The van der Waals surface area contributed by atoms with Crippen molar-refractivity contribution >= 4 is 17.6 Å². The fourth-order valence-corrected chi connectivity index (χ4v) is 1.84. The average Bonchev–Trinajstić information content (AvgIpc) is 2.48. The van der Waals surface area contributed by atoms with E-state index in [4.69, 9.17) is 5.11 Å². The van der Waals surface area contributed by atoms with Crippen LogP contribution in [0.3, 0.4) is 0 Å². The number of pyridine rings is 1. The van der Waals surface area contributed by atoms with Gasteiger partial charge in [-0.2, -0.15) is 0 Å². The molecule has 0 saturated heterocycles. The highest BCUT2D eigenvalue weighted by molar-refractivity contribution is 6.00. The number of carbonyl (C=O) groups is 2. The molecule has 0 aliphatic heterocycles. The number of aromatic carboxylic acids is 1. The van der Waals surface area contributed by atoms with E-state index in [2.05, 4.69) is 10.3 Å². The zero-order valence-electron chi connectivity index (χ0n) is 11.0. The molecule has 2 rings (SSSR count). The number of amides is 1. The van der Waals surface area contributed by atoms with Crippen molar-refractivity contribution in [2.75, 3.05) is 5.32 Å². The van der Waals surface area contributed by atoms with Gasteiger partial charge in [0.1, 0.15) is 5.82 Å². The van der Waals surface area contributed by atoms with E-state index in [0.29, 0.717) is 6.42 Å². The lowest BCUT2D eigenvalue weighted by atomic mass is 10.1. The molecule has 0 saturated carbocycles. The number of rotatable bonds is 5. The normalized spacial score (nSPS) is 10.1. The van der Waals surface area contributed by atoms with Crippen LogP contribution in [0.1, 0.15) is 22.3 Å². The van der Waals surface area contributed by atoms with E-state index in [9.17, 15) is 14.0 Å². The number of anilines is 1. The largest absolute Gasteiger partial charge is 0.478 e. The van der Waals surface area contributed by atoms with Gasteiger partial charge in [-0.3, -0.25) is 9.78 Å². The van der Waals surface area contributed by atoms with Crippen molar-refractivity contribution < 1.29 is 19.1 Å². The minimum atomic E-state index is -1.29. The molecule has 1 aromatic heterocycles. The summed E-state index contributed by atoms with van der Waals surface area (Å²) in [6, 6.07) is 7.20. The monoisotopic (exact) mass is 288 g/mol. The lowest BCUT2D eigenvalue weighted by Crippen LogP contribution is -2.16. The van der Waals surface area contributed by atoms with Crippen LogP contribution >= 0.6 is 0 Å². The van der Waals surface area contributed by atoms with Crippen LogP contribution in [0.5, 0.6) is 0 Å². The molecule has 0 atom stereocenters. The molecule has 2 aromatic rings. The number of carboxylic acid groups (broad SMARTS) is 1. The summed E-state index contributed by atoms with van der Waals surface area (Å²) in [6.07, 6.45) is 3.82. The smallest absolute Gasteiger partial charge is 0.337 e. The van der Waals surface area contributed by atoms with Crippen LogP contribution in [0.25, 0.3) is 0 Å². The predicted octanol–water partition coefficient (Wildman–Crippen LogP) is 2.49. The van der Waals surface area contributed by atoms with E-state index in [1.807, 2.05) is 6.07 Å². The standard InChI is InChI=1S/C15H13FN2O3/c16-12-5-1-4-11(15(20)21)14(12)18-13(19)7-6-10-3-2-8-17-9-10/h1-5,8-9H,6-7H2,(H,18,19)(H,20,21). The number of aryl methyl sites for hydroxylation is 1. The number of nitrogens with one attached hydrogen (secondary N) is 1. The number of aromatic nitrogens is 1. The van der Waals surface area contributed by atoms with Crippen LogP contribution in [0, 0.1) is 5.82 Å². The lowest BCUT2D eigenvalue weighted by Gasteiger charge is -2.09. The molecule has 108 valence electrons. The predicted molar refractivity (Wildman–Crippen MR) is 74.5 cm³/mol. The Morgan fingerprint density at radius 3 is 2.71 bits per heavy atom. The first kappa shape index (κ1) is 14.6. The molecule has 0 aliphatic carbocycles. The van der Waals surface area contributed by atoms with E-state index < -0.39 is 17.7 Å². The van der Waals surface area contributed by atoms with Crippen LogP contribution in [-0.4, -0.2) is 22.0 Å². The second-order valence-corrected chi connectivity index (χ2v) is 4.38. The number of para-hydroxylation sites is 1. The van der Waals surface area contributed by atoms with Crippen LogP contribution in [0.4, 0.5) is 10.1 Å². The van der Waals surface area contributed by atoms with Gasteiger partial charge in [-0.05, 0) is 30.2 Å². The van der Waals surface area contributed by atoms with Crippen molar-refractivity contribution in [3.63, 3.8) is 0 Å². The summed E-state index contributed by atoms with van der Waals surface area (Å²) in [6.45, 7) is 0. The van der Waals surface area contributed by atoms with E-state index in [1.165, 1.54) is 12.1 Å². The fraction of sp³-hybridized carbons (Fsp3) is 0.133. The maximum absolute atomic E-state index is 13.6. The number of carbonyl (C=O) groups excluding carboxylic acids is 1. The molecule has 1 heterocycles. The molecular weight excluding hydrogens is 275 g/mol. The molecule has 0 unspecified atom stereocenters. The molecule has 21 heavy (non-hydrogen) atoms. The van der Waals surface area contributed by atoms with Crippen molar-refractivity contribution in [1.29, 1.82) is 0 Å². The number of nitrogens with zero attached hydrogens (tertiary/aromatic N) is 1. The maximum atomic E-state index is 13.6. The minimum Gasteiger partial charge on any atom is -0.478 e. The summed E-state index contributed by atoms with van der Waals surface area (Å²) in [5.74, 6) is -2.52. The molecule has 2 N–H and O–H groups in total. The highest BCUT2D eigenvalue weighted by Gasteiger charge is 2.16. The van der Waals surface area contributed by atoms with Crippen molar-refractivity contribution in [2.45, 2.75) is 12.8 Å². The Morgan fingerprint density at radius 1 is 1.24 bits per heavy atom. The average molecular weight is 288 g/mol. The van der Waals surface area contributed by atoms with Crippen LogP contribution in [0.2, 0.25) is 0 Å². The Bertz CT molecular complexity index is 659. The molecule has 1 amide bonds. The number of benzene rings is 1. The molecule has 5 nitrogen and oxygen atoms in total. The summed E-state index contributed by atoms with van der Waals surface area (Å²) >= 11 is 0. The van der Waals surface area contributed by atoms with E-state index in [-0.39, 0.29) is 17.7 Å². The van der Waals surface area contributed by atoms with Crippen LogP contribution in [-0.2, 0) is 11.2 Å². The SMILES string of the molecule is O=C(CCc1cccnc1)Nc1c(F)cccc1C(=O)O. The second kappa shape index (κ2) is 6.60. The third kappa shape index (κ3) is 3.85. The van der Waals surface area contributed by atoms with E-state index in [1.54, 1.807) is 18.5 Å². The summed E-state index contributed by atoms with van der Waals surface area (Å²) < 4.78 is 13.6. The number of halogens is 1. The third-order valence-electron chi connectivity index (χ3n) is 2.87. The zero-order chi connectivity index (χ0) is 15.2. The van der Waals surface area contributed by atoms with Crippen LogP contribution < -0.4 is 5.32 Å². The summed E-state index contributed by atoms with van der Waals surface area (Å²) in [5, 5.41) is 11.3. The molecule has 1 aromatic carbocycles. The summed E-state index contributed by atoms with van der Waals surface area (Å²) in [7, 11) is 0. The Hall–Kier alpha value is -2.76. The maximum Gasteiger partial charge on any atom is 0.337 e. The van der Waals surface area contributed by atoms with Gasteiger partial charge < -0.3 is 10.4 Å². The molecule has 0 aliphatic rings. The van der Waals surface area contributed by atoms with Gasteiger partial charge in [-0.25, -0.2) is 9.18 Å². The number of hydrogen-bond donors (Lipinski definition) is 2. The highest BCUT2D eigenvalue weighted by Crippen LogP contribution is 2.20. The van der Waals surface area contributed by atoms with E-state index in [0.717, 1.165) is 11.6 Å². The first-order valence-electron chi connectivity index (χ1n) is 6.28. The quantitative estimate of drug-likeness (QED) is 0.886. The number of carboxylic acids is 1. The third-order valence-corrected chi connectivity index (χ3v) is 2.87. The van der Waals surface area contributed by atoms with Crippen molar-refractivity contribution in [3.05, 3.63) is 59.7 Å². The van der Waals surface area contributed by atoms with Gasteiger partial charge in [0.15, 0.2) is 0 Å². The molecule has 0 spiro atoms. The van der Waals surface area contributed by atoms with E-state index >= 15 is 0 Å². The van der Waals surface area contributed by atoms with Crippen molar-refractivity contribution in [1.82, 2.24) is 4.98 Å². The van der Waals surface area contributed by atoms with Crippen LogP contribution in [0.15, 0.2) is 42.7 Å². The second-order valence-electron chi connectivity index (χ2n) is 4.38. The Balaban J connectivity index is 2.05. The van der Waals surface area contributed by atoms with Gasteiger partial charge in [-0.15, -0.1) is 0 Å². The van der Waals surface area contributed by atoms with Gasteiger partial charge in [0.05, 0.1) is 11.3 Å². The lowest BCUT2D eigenvalue weighted by molar-refractivity contribution is -0.116. The number of hydrogen-bond acceptors (Lipinski definition) is 3. The van der Waals surface area contributed by atoms with Gasteiger partial charge in [0.25, 0.3) is 0 Å². The minimum absolute atomic E-state index is 0.110. The molecule has 0 radical (unpaired) electrons. The molecular formula is C15H13FN2O3. The zero-order valence-corrected chi connectivity index (χ0v) is 11.0. The topological polar surface area (TPSA) is 79.3 Å². The first-order chi connectivity index (χ1) is 10.1. The van der Waals surface area contributed by atoms with Gasteiger partial charge >= 0.3 is 5.97 Å². The Morgan fingerprint density at radius 2 is 2.05 bits per heavy atom. The van der Waals surface area contributed by atoms with Gasteiger partial charge in [-0.1, -0.05) is 12.1 Å². The fourth-order valence-electron chi connectivity index (χ4n) is 1.84. The Labute approximate surface area is 120 Å². The van der Waals surface area contributed by atoms with Crippen molar-refractivity contribution in [3.8, 4) is 0 Å².